The number of carboxylic acid groups (broad SMARTS) is 2. The van der Waals surface area contributed by atoms with E-state index < -0.39 is 11.9 Å². The first-order valence-corrected chi connectivity index (χ1v) is 10.1. The number of aromatic nitrogens is 2. The van der Waals surface area contributed by atoms with Crippen molar-refractivity contribution in [3.05, 3.63) is 30.3 Å². The van der Waals surface area contributed by atoms with Crippen molar-refractivity contribution >= 4 is 28.7 Å². The van der Waals surface area contributed by atoms with Gasteiger partial charge in [0.15, 0.2) is 0 Å². The van der Waals surface area contributed by atoms with Crippen molar-refractivity contribution in [3.8, 4) is 0 Å². The zero-order valence-corrected chi connectivity index (χ0v) is 17.7. The highest BCUT2D eigenvalue weighted by Gasteiger charge is 2.43. The molecule has 1 spiro atoms. The largest absolute Gasteiger partial charge is 0.481 e. The Morgan fingerprint density at radius 3 is 2.55 bits per heavy atom. The number of hydrogen-bond donors (Lipinski definition) is 4. The number of anilines is 1. The minimum Gasteiger partial charge on any atom is -0.481 e. The molecule has 0 saturated carbocycles. The number of hydrogen-bond acceptors (Lipinski definition) is 7. The first-order valence-electron chi connectivity index (χ1n) is 10.1. The molecule has 2 aliphatic rings. The third-order valence-electron chi connectivity index (χ3n) is 5.28. The van der Waals surface area contributed by atoms with E-state index in [0.717, 1.165) is 52.7 Å². The first kappa shape index (κ1) is 24.4. The molecule has 2 atom stereocenters. The van der Waals surface area contributed by atoms with Gasteiger partial charge in [-0.3, -0.25) is 9.59 Å². The Morgan fingerprint density at radius 1 is 1.23 bits per heavy atom. The molecular formula is C21H29FN4O5. The monoisotopic (exact) mass is 436 g/mol. The van der Waals surface area contributed by atoms with E-state index in [1.807, 2.05) is 0 Å². The minimum atomic E-state index is -0.833. The SMILES string of the molecule is CC(=O)O.CC(=O)O.O[C@H]1CCNC[C@]12CCCN(c1ncnc3cccc(F)c13)C2. The summed E-state index contributed by atoms with van der Waals surface area (Å²) < 4.78 is 14.3. The molecule has 2 saturated heterocycles. The van der Waals surface area contributed by atoms with Crippen LogP contribution in [0.15, 0.2) is 24.5 Å². The molecule has 1 aromatic carbocycles. The van der Waals surface area contributed by atoms with Gasteiger partial charge in [-0.25, -0.2) is 14.4 Å². The quantitative estimate of drug-likeness (QED) is 0.528. The maximum atomic E-state index is 14.3. The first-order chi connectivity index (χ1) is 14.7. The molecule has 9 nitrogen and oxygen atoms in total. The number of carboxylic acids is 2. The number of halogens is 1. The van der Waals surface area contributed by atoms with Crippen molar-refractivity contribution in [2.75, 3.05) is 31.1 Å². The van der Waals surface area contributed by atoms with Crippen LogP contribution in [0.1, 0.15) is 33.1 Å². The molecule has 1 aromatic heterocycles. The molecule has 4 rings (SSSR count). The van der Waals surface area contributed by atoms with Crippen LogP contribution in [-0.2, 0) is 9.59 Å². The number of rotatable bonds is 1. The molecule has 2 aromatic rings. The van der Waals surface area contributed by atoms with Crippen LogP contribution in [0.25, 0.3) is 10.9 Å². The Hall–Kier alpha value is -2.85. The van der Waals surface area contributed by atoms with Gasteiger partial charge in [-0.2, -0.15) is 0 Å². The second-order valence-electron chi connectivity index (χ2n) is 7.74. The predicted octanol–water partition coefficient (Wildman–Crippen LogP) is 1.89. The van der Waals surface area contributed by atoms with Crippen LogP contribution >= 0.6 is 0 Å². The van der Waals surface area contributed by atoms with Gasteiger partial charge in [0, 0.05) is 38.9 Å². The highest BCUT2D eigenvalue weighted by molar-refractivity contribution is 5.89. The van der Waals surface area contributed by atoms with Gasteiger partial charge in [-0.15, -0.1) is 0 Å². The summed E-state index contributed by atoms with van der Waals surface area (Å²) in [6, 6.07) is 4.92. The van der Waals surface area contributed by atoms with E-state index in [2.05, 4.69) is 20.2 Å². The summed E-state index contributed by atoms with van der Waals surface area (Å²) in [7, 11) is 0. The van der Waals surface area contributed by atoms with Gasteiger partial charge in [0.25, 0.3) is 11.9 Å². The molecule has 0 bridgehead atoms. The van der Waals surface area contributed by atoms with Gasteiger partial charge >= 0.3 is 0 Å². The van der Waals surface area contributed by atoms with Crippen molar-refractivity contribution in [1.82, 2.24) is 15.3 Å². The van der Waals surface area contributed by atoms with Crippen LogP contribution in [0.2, 0.25) is 0 Å². The normalized spacial score (nSPS) is 22.7. The van der Waals surface area contributed by atoms with Gasteiger partial charge in [0.1, 0.15) is 18.0 Å². The maximum absolute atomic E-state index is 14.3. The summed E-state index contributed by atoms with van der Waals surface area (Å²) in [5, 5.41) is 29.3. The maximum Gasteiger partial charge on any atom is 0.300 e. The summed E-state index contributed by atoms with van der Waals surface area (Å²) in [5.41, 5.74) is 0.455. The van der Waals surface area contributed by atoms with Crippen molar-refractivity contribution in [3.63, 3.8) is 0 Å². The molecule has 2 aliphatic heterocycles. The Morgan fingerprint density at radius 2 is 1.90 bits per heavy atom. The predicted molar refractivity (Wildman–Crippen MR) is 113 cm³/mol. The van der Waals surface area contributed by atoms with Crippen LogP contribution in [0.4, 0.5) is 10.2 Å². The summed E-state index contributed by atoms with van der Waals surface area (Å²) in [5.74, 6) is -1.31. The third kappa shape index (κ3) is 6.56. The van der Waals surface area contributed by atoms with Gasteiger partial charge in [0.05, 0.1) is 17.0 Å². The Kier molecular flexibility index (Phi) is 8.64. The zero-order valence-electron chi connectivity index (χ0n) is 17.7. The van der Waals surface area contributed by atoms with Gasteiger partial charge in [0.2, 0.25) is 0 Å². The standard InChI is InChI=1S/C17H21FN4O.2C2H4O2/c18-12-3-1-4-13-15(12)16(21-11-20-13)22-8-2-6-17(10-22)9-19-7-5-14(17)23;2*1-2(3)4/h1,3-4,11,14,19,23H,2,5-10H2;2*1H3,(H,3,4)/t14-,17-;;/m0../s1. The lowest BCUT2D eigenvalue weighted by Crippen LogP contribution is -2.58. The Balaban J connectivity index is 0.000000370. The number of piperidine rings is 2. The van der Waals surface area contributed by atoms with Crippen LogP contribution in [0.5, 0.6) is 0 Å². The summed E-state index contributed by atoms with van der Waals surface area (Å²) >= 11 is 0. The number of benzene rings is 1. The molecule has 0 radical (unpaired) electrons. The lowest BCUT2D eigenvalue weighted by Gasteiger charge is -2.48. The molecule has 0 aliphatic carbocycles. The van der Waals surface area contributed by atoms with Crippen molar-refractivity contribution < 1.29 is 29.3 Å². The fourth-order valence-electron chi connectivity index (χ4n) is 4.05. The molecule has 4 N–H and O–H groups in total. The number of aliphatic hydroxyl groups excluding tert-OH is 1. The highest BCUT2D eigenvalue weighted by Crippen LogP contribution is 2.39. The molecule has 2 fully saturated rings. The second-order valence-corrected chi connectivity index (χ2v) is 7.74. The van der Waals surface area contributed by atoms with E-state index >= 15 is 0 Å². The van der Waals surface area contributed by atoms with E-state index in [-0.39, 0.29) is 17.3 Å². The fourth-order valence-corrected chi connectivity index (χ4v) is 4.05. The Bertz CT molecular complexity index is 883. The minimum absolute atomic E-state index is 0.168. The highest BCUT2D eigenvalue weighted by atomic mass is 19.1. The van der Waals surface area contributed by atoms with E-state index in [1.165, 1.54) is 12.4 Å². The van der Waals surface area contributed by atoms with Crippen LogP contribution < -0.4 is 10.2 Å². The fraction of sp³-hybridized carbons (Fsp3) is 0.524. The number of nitrogens with one attached hydrogen (secondary N) is 1. The van der Waals surface area contributed by atoms with Gasteiger partial charge in [-0.05, 0) is 37.9 Å². The zero-order chi connectivity index (χ0) is 23.0. The van der Waals surface area contributed by atoms with E-state index in [1.54, 1.807) is 12.1 Å². The number of carbonyl (C=O) groups is 2. The van der Waals surface area contributed by atoms with E-state index in [9.17, 15) is 9.50 Å². The summed E-state index contributed by atoms with van der Waals surface area (Å²) in [4.78, 5) is 28.7. The molecule has 3 heterocycles. The second kappa shape index (κ2) is 11.0. The third-order valence-corrected chi connectivity index (χ3v) is 5.28. The number of aliphatic carboxylic acids is 2. The van der Waals surface area contributed by atoms with E-state index in [4.69, 9.17) is 19.8 Å². The van der Waals surface area contributed by atoms with Crippen LogP contribution in [0.3, 0.4) is 0 Å². The van der Waals surface area contributed by atoms with Crippen molar-refractivity contribution in [2.24, 2.45) is 5.41 Å². The molecular weight excluding hydrogens is 407 g/mol. The van der Waals surface area contributed by atoms with Crippen LogP contribution in [0, 0.1) is 11.2 Å². The molecule has 0 unspecified atom stereocenters. The van der Waals surface area contributed by atoms with Gasteiger partial charge in [-0.1, -0.05) is 6.07 Å². The number of fused-ring (bicyclic) bond motifs is 1. The number of nitrogens with zero attached hydrogens (tertiary/aromatic N) is 3. The summed E-state index contributed by atoms with van der Waals surface area (Å²) in [6.45, 7) is 5.35. The number of aliphatic hydroxyl groups is 1. The van der Waals surface area contributed by atoms with E-state index in [0.29, 0.717) is 23.3 Å². The summed E-state index contributed by atoms with van der Waals surface area (Å²) in [6.07, 6.45) is 3.91. The average Bonchev–Trinajstić information content (AvgIpc) is 2.70. The lowest BCUT2D eigenvalue weighted by atomic mass is 9.72. The molecule has 170 valence electrons. The van der Waals surface area contributed by atoms with Crippen molar-refractivity contribution in [1.29, 1.82) is 0 Å². The molecule has 10 heteroatoms. The smallest absolute Gasteiger partial charge is 0.300 e. The Labute approximate surface area is 179 Å². The molecule has 31 heavy (non-hydrogen) atoms. The van der Waals surface area contributed by atoms with Crippen molar-refractivity contribution in [2.45, 2.75) is 39.2 Å². The average molecular weight is 436 g/mol. The van der Waals surface area contributed by atoms with Gasteiger partial charge < -0.3 is 25.5 Å². The lowest BCUT2D eigenvalue weighted by molar-refractivity contribution is -0.135. The van der Waals surface area contributed by atoms with Crippen LogP contribution in [-0.4, -0.2) is 69.5 Å². The topological polar surface area (TPSA) is 136 Å². The molecule has 0 amide bonds.